The molecule has 4 N–H and O–H groups in total. The van der Waals surface area contributed by atoms with Crippen LogP contribution < -0.4 is 11.1 Å². The number of nitrogens with two attached hydrogens (primary N) is 1. The maximum atomic E-state index is 11.9. The first-order valence-electron chi connectivity index (χ1n) is 6.26. The van der Waals surface area contributed by atoms with Crippen LogP contribution in [0.4, 0.5) is 0 Å². The topological polar surface area (TPSA) is 75.4 Å². The molecule has 0 saturated heterocycles. The van der Waals surface area contributed by atoms with E-state index in [0.29, 0.717) is 12.3 Å². The molecule has 0 fully saturated rings. The highest BCUT2D eigenvalue weighted by Crippen LogP contribution is 2.12. The van der Waals surface area contributed by atoms with Crippen molar-refractivity contribution in [1.29, 1.82) is 0 Å². The number of hydrogen-bond acceptors (Lipinski definition) is 3. The van der Waals surface area contributed by atoms with Gasteiger partial charge < -0.3 is 16.2 Å². The Morgan fingerprint density at radius 1 is 1.33 bits per heavy atom. The second-order valence-corrected chi connectivity index (χ2v) is 4.89. The molecule has 0 heterocycles. The van der Waals surface area contributed by atoms with Crippen LogP contribution in [0.2, 0.25) is 0 Å². The van der Waals surface area contributed by atoms with Crippen molar-refractivity contribution in [3.8, 4) is 0 Å². The zero-order valence-electron chi connectivity index (χ0n) is 11.0. The van der Waals surface area contributed by atoms with Crippen molar-refractivity contribution >= 4 is 5.91 Å². The summed E-state index contributed by atoms with van der Waals surface area (Å²) in [5.41, 5.74) is 6.69. The standard InChI is InChI=1S/C14H22N2O2/c1-10(2)8-12(15)14(18)16-13(9-17)11-6-4-3-5-7-11/h3-7,10,12-13,17H,8-9,15H2,1-2H3,(H,16,18)/t12-,13?/m0/s1. The van der Waals surface area contributed by atoms with Crippen molar-refractivity contribution in [1.82, 2.24) is 5.32 Å². The summed E-state index contributed by atoms with van der Waals surface area (Å²) < 4.78 is 0. The molecule has 0 bridgehead atoms. The number of nitrogens with one attached hydrogen (secondary N) is 1. The van der Waals surface area contributed by atoms with E-state index in [2.05, 4.69) is 5.32 Å². The van der Waals surface area contributed by atoms with Gasteiger partial charge in [-0.15, -0.1) is 0 Å². The lowest BCUT2D eigenvalue weighted by atomic mass is 10.0. The van der Waals surface area contributed by atoms with E-state index in [9.17, 15) is 9.90 Å². The Labute approximate surface area is 108 Å². The van der Waals surface area contributed by atoms with Crippen molar-refractivity contribution in [2.24, 2.45) is 11.7 Å². The Morgan fingerprint density at radius 3 is 2.44 bits per heavy atom. The van der Waals surface area contributed by atoms with Gasteiger partial charge in [0.05, 0.1) is 18.7 Å². The predicted octanol–water partition coefficient (Wildman–Crippen LogP) is 1.21. The smallest absolute Gasteiger partial charge is 0.237 e. The molecule has 0 aromatic heterocycles. The van der Waals surface area contributed by atoms with Gasteiger partial charge in [0.1, 0.15) is 0 Å². The Hall–Kier alpha value is -1.39. The van der Waals surface area contributed by atoms with E-state index in [1.807, 2.05) is 44.2 Å². The van der Waals surface area contributed by atoms with E-state index < -0.39 is 12.1 Å². The number of hydrogen-bond donors (Lipinski definition) is 3. The van der Waals surface area contributed by atoms with Crippen LogP contribution in [0.3, 0.4) is 0 Å². The van der Waals surface area contributed by atoms with Crippen molar-refractivity contribution in [2.45, 2.75) is 32.4 Å². The molecule has 4 heteroatoms. The van der Waals surface area contributed by atoms with Crippen molar-refractivity contribution in [2.75, 3.05) is 6.61 Å². The molecule has 1 rings (SSSR count). The molecule has 1 aromatic rings. The number of benzene rings is 1. The molecular weight excluding hydrogens is 228 g/mol. The van der Waals surface area contributed by atoms with Gasteiger partial charge in [-0.3, -0.25) is 4.79 Å². The predicted molar refractivity (Wildman–Crippen MR) is 71.8 cm³/mol. The summed E-state index contributed by atoms with van der Waals surface area (Å²) in [4.78, 5) is 11.9. The fourth-order valence-corrected chi connectivity index (χ4v) is 1.81. The van der Waals surface area contributed by atoms with Crippen LogP contribution in [0.5, 0.6) is 0 Å². The zero-order valence-corrected chi connectivity index (χ0v) is 11.0. The summed E-state index contributed by atoms with van der Waals surface area (Å²) in [6, 6.07) is 8.46. The number of rotatable bonds is 6. The van der Waals surface area contributed by atoms with Gasteiger partial charge >= 0.3 is 0 Å². The van der Waals surface area contributed by atoms with E-state index >= 15 is 0 Å². The van der Waals surface area contributed by atoms with Gasteiger partial charge in [0.2, 0.25) is 5.91 Å². The summed E-state index contributed by atoms with van der Waals surface area (Å²) in [7, 11) is 0. The molecule has 4 nitrogen and oxygen atoms in total. The SMILES string of the molecule is CC(C)C[C@H](N)C(=O)NC(CO)c1ccccc1. The maximum absolute atomic E-state index is 11.9. The Balaban J connectivity index is 2.61. The van der Waals surface area contributed by atoms with E-state index in [1.54, 1.807) is 0 Å². The quantitative estimate of drug-likeness (QED) is 0.710. The molecule has 0 spiro atoms. The lowest BCUT2D eigenvalue weighted by molar-refractivity contribution is -0.123. The minimum Gasteiger partial charge on any atom is -0.394 e. The first-order valence-corrected chi connectivity index (χ1v) is 6.26. The average Bonchev–Trinajstić information content (AvgIpc) is 2.35. The van der Waals surface area contributed by atoms with Crippen molar-refractivity contribution < 1.29 is 9.90 Å². The lowest BCUT2D eigenvalue weighted by Crippen LogP contribution is -2.43. The molecule has 0 aliphatic rings. The highest BCUT2D eigenvalue weighted by atomic mass is 16.3. The van der Waals surface area contributed by atoms with E-state index in [-0.39, 0.29) is 12.5 Å². The molecule has 1 unspecified atom stereocenters. The number of aliphatic hydroxyl groups is 1. The average molecular weight is 250 g/mol. The fraction of sp³-hybridized carbons (Fsp3) is 0.500. The van der Waals surface area contributed by atoms with Crippen LogP contribution in [0.15, 0.2) is 30.3 Å². The first kappa shape index (κ1) is 14.7. The number of carbonyl (C=O) groups is 1. The monoisotopic (exact) mass is 250 g/mol. The third-order valence-corrected chi connectivity index (χ3v) is 2.76. The maximum Gasteiger partial charge on any atom is 0.237 e. The second kappa shape index (κ2) is 7.13. The summed E-state index contributed by atoms with van der Waals surface area (Å²) in [6.07, 6.45) is 0.638. The lowest BCUT2D eigenvalue weighted by Gasteiger charge is -2.20. The first-order chi connectivity index (χ1) is 8.54. The molecule has 0 aliphatic carbocycles. The summed E-state index contributed by atoms with van der Waals surface area (Å²) in [5, 5.41) is 12.1. The summed E-state index contributed by atoms with van der Waals surface area (Å²) in [5.74, 6) is 0.154. The normalized spacial score (nSPS) is 14.3. The van der Waals surface area contributed by atoms with Crippen LogP contribution in [-0.4, -0.2) is 23.7 Å². The van der Waals surface area contributed by atoms with Crippen LogP contribution in [0.25, 0.3) is 0 Å². The zero-order chi connectivity index (χ0) is 13.5. The molecule has 0 radical (unpaired) electrons. The largest absolute Gasteiger partial charge is 0.394 e. The molecule has 1 aromatic carbocycles. The molecule has 100 valence electrons. The minimum atomic E-state index is -0.525. The number of amides is 1. The van der Waals surface area contributed by atoms with Crippen LogP contribution in [-0.2, 0) is 4.79 Å². The molecule has 18 heavy (non-hydrogen) atoms. The molecule has 2 atom stereocenters. The number of carbonyl (C=O) groups excluding carboxylic acids is 1. The highest BCUT2D eigenvalue weighted by Gasteiger charge is 2.19. The summed E-state index contributed by atoms with van der Waals surface area (Å²) >= 11 is 0. The Bertz CT molecular complexity index is 365. The molecule has 0 saturated carbocycles. The minimum absolute atomic E-state index is 0.135. The summed E-state index contributed by atoms with van der Waals surface area (Å²) in [6.45, 7) is 3.91. The van der Waals surface area contributed by atoms with E-state index in [4.69, 9.17) is 5.73 Å². The van der Waals surface area contributed by atoms with Gasteiger partial charge in [0.25, 0.3) is 0 Å². The van der Waals surface area contributed by atoms with E-state index in [0.717, 1.165) is 5.56 Å². The second-order valence-electron chi connectivity index (χ2n) is 4.89. The van der Waals surface area contributed by atoms with Crippen LogP contribution in [0, 0.1) is 5.92 Å². The Morgan fingerprint density at radius 2 is 1.94 bits per heavy atom. The fourth-order valence-electron chi connectivity index (χ4n) is 1.81. The van der Waals surface area contributed by atoms with Gasteiger partial charge in [-0.25, -0.2) is 0 Å². The van der Waals surface area contributed by atoms with Crippen molar-refractivity contribution in [3.63, 3.8) is 0 Å². The Kier molecular flexibility index (Phi) is 5.82. The van der Waals surface area contributed by atoms with Gasteiger partial charge in [-0.2, -0.15) is 0 Å². The third kappa shape index (κ3) is 4.47. The number of aliphatic hydroxyl groups excluding tert-OH is 1. The van der Waals surface area contributed by atoms with Gasteiger partial charge in [0, 0.05) is 0 Å². The molecule has 0 aliphatic heterocycles. The molecular formula is C14H22N2O2. The van der Waals surface area contributed by atoms with Gasteiger partial charge in [0.15, 0.2) is 0 Å². The molecule has 1 amide bonds. The van der Waals surface area contributed by atoms with Crippen molar-refractivity contribution in [3.05, 3.63) is 35.9 Å². The van der Waals surface area contributed by atoms with E-state index in [1.165, 1.54) is 0 Å². The van der Waals surface area contributed by atoms with Gasteiger partial charge in [-0.1, -0.05) is 44.2 Å². The highest BCUT2D eigenvalue weighted by molar-refractivity contribution is 5.81. The third-order valence-electron chi connectivity index (χ3n) is 2.76. The van der Waals surface area contributed by atoms with Crippen LogP contribution in [0.1, 0.15) is 31.9 Å². The van der Waals surface area contributed by atoms with Gasteiger partial charge in [-0.05, 0) is 17.9 Å². The van der Waals surface area contributed by atoms with Crippen LogP contribution >= 0.6 is 0 Å².